The molecule has 0 amide bonds. The van der Waals surface area contributed by atoms with Crippen molar-refractivity contribution in [3.8, 4) is 5.75 Å². The minimum Gasteiger partial charge on any atom is -0.496 e. The third-order valence-corrected chi connectivity index (χ3v) is 4.23. The van der Waals surface area contributed by atoms with Crippen LogP contribution in [0.4, 0.5) is 0 Å². The highest BCUT2D eigenvalue weighted by Gasteiger charge is 2.14. The lowest BCUT2D eigenvalue weighted by Gasteiger charge is -2.18. The van der Waals surface area contributed by atoms with Gasteiger partial charge in [-0.15, -0.1) is 0 Å². The average Bonchev–Trinajstić information content (AvgIpc) is 2.49. The topological polar surface area (TPSA) is 47.3 Å². The highest BCUT2D eigenvalue weighted by molar-refractivity contribution is 9.10. The Kier molecular flexibility index (Phi) is 6.06. The summed E-state index contributed by atoms with van der Waals surface area (Å²) in [6.45, 7) is 0. The van der Waals surface area contributed by atoms with Gasteiger partial charge in [0, 0.05) is 15.5 Å². The molecule has 0 fully saturated rings. The van der Waals surface area contributed by atoms with E-state index in [2.05, 4.69) is 27.4 Å². The first-order valence-corrected chi connectivity index (χ1v) is 7.83. The molecule has 0 aliphatic heterocycles. The van der Waals surface area contributed by atoms with Crippen LogP contribution in [-0.4, -0.2) is 13.2 Å². The average molecular weight is 370 g/mol. The van der Waals surface area contributed by atoms with Crippen LogP contribution in [0, 0.1) is 0 Å². The van der Waals surface area contributed by atoms with Crippen LogP contribution in [-0.2, 0) is 12.8 Å². The molecule has 0 aliphatic carbocycles. The Morgan fingerprint density at radius 1 is 1.19 bits per heavy atom. The Balaban J connectivity index is 2.16. The van der Waals surface area contributed by atoms with Crippen LogP contribution in [0.2, 0.25) is 5.02 Å². The summed E-state index contributed by atoms with van der Waals surface area (Å²) in [7, 11) is 1.67. The van der Waals surface area contributed by atoms with E-state index in [1.807, 2.05) is 36.4 Å². The third-order valence-electron chi connectivity index (χ3n) is 3.37. The SMILES string of the molecule is COc1ccc(Br)cc1CC(Cc1ccccc1Cl)NN. The molecule has 2 aromatic rings. The second-order valence-electron chi connectivity index (χ2n) is 4.82. The zero-order chi connectivity index (χ0) is 15.2. The number of rotatable bonds is 6. The van der Waals surface area contributed by atoms with Gasteiger partial charge in [0.1, 0.15) is 5.75 Å². The van der Waals surface area contributed by atoms with Crippen LogP contribution in [0.5, 0.6) is 5.75 Å². The van der Waals surface area contributed by atoms with Crippen molar-refractivity contribution in [2.24, 2.45) is 5.84 Å². The van der Waals surface area contributed by atoms with E-state index in [1.54, 1.807) is 7.11 Å². The first-order chi connectivity index (χ1) is 10.1. The molecule has 2 rings (SSSR count). The second-order valence-corrected chi connectivity index (χ2v) is 6.14. The standard InChI is InChI=1S/C16H18BrClN2O/c1-21-16-7-6-13(17)8-12(16)10-14(20-19)9-11-4-2-3-5-15(11)18/h2-8,14,20H,9-10,19H2,1H3. The van der Waals surface area contributed by atoms with Gasteiger partial charge in [-0.1, -0.05) is 45.7 Å². The van der Waals surface area contributed by atoms with Gasteiger partial charge < -0.3 is 4.74 Å². The molecule has 3 N–H and O–H groups in total. The molecule has 0 saturated carbocycles. The van der Waals surface area contributed by atoms with Gasteiger partial charge in [0.05, 0.1) is 7.11 Å². The number of hydrogen-bond donors (Lipinski definition) is 2. The van der Waals surface area contributed by atoms with Crippen molar-refractivity contribution >= 4 is 27.5 Å². The van der Waals surface area contributed by atoms with Gasteiger partial charge in [-0.3, -0.25) is 11.3 Å². The predicted molar refractivity (Wildman–Crippen MR) is 90.7 cm³/mol. The summed E-state index contributed by atoms with van der Waals surface area (Å²) in [6, 6.07) is 13.9. The molecular formula is C16H18BrClN2O. The Morgan fingerprint density at radius 3 is 2.57 bits per heavy atom. The second kappa shape index (κ2) is 7.80. The summed E-state index contributed by atoms with van der Waals surface area (Å²) < 4.78 is 6.42. The van der Waals surface area contributed by atoms with Crippen molar-refractivity contribution in [3.63, 3.8) is 0 Å². The highest BCUT2D eigenvalue weighted by atomic mass is 79.9. The Labute approximate surface area is 138 Å². The summed E-state index contributed by atoms with van der Waals surface area (Å²) in [4.78, 5) is 0. The molecule has 0 saturated heterocycles. The molecular weight excluding hydrogens is 352 g/mol. The molecule has 1 atom stereocenters. The Hall–Kier alpha value is -1.07. The van der Waals surface area contributed by atoms with E-state index in [-0.39, 0.29) is 6.04 Å². The Bertz CT molecular complexity index is 607. The number of nitrogens with two attached hydrogens (primary N) is 1. The van der Waals surface area contributed by atoms with E-state index in [0.29, 0.717) is 0 Å². The lowest BCUT2D eigenvalue weighted by Crippen LogP contribution is -2.38. The van der Waals surface area contributed by atoms with E-state index in [1.165, 1.54) is 0 Å². The van der Waals surface area contributed by atoms with Crippen molar-refractivity contribution in [2.75, 3.05) is 7.11 Å². The summed E-state index contributed by atoms with van der Waals surface area (Å²) in [5, 5.41) is 0.763. The number of benzene rings is 2. The van der Waals surface area contributed by atoms with Gasteiger partial charge in [0.2, 0.25) is 0 Å². The van der Waals surface area contributed by atoms with Crippen LogP contribution in [0.15, 0.2) is 46.9 Å². The van der Waals surface area contributed by atoms with Crippen LogP contribution < -0.4 is 16.0 Å². The van der Waals surface area contributed by atoms with Crippen LogP contribution in [0.3, 0.4) is 0 Å². The highest BCUT2D eigenvalue weighted by Crippen LogP contribution is 2.25. The van der Waals surface area contributed by atoms with E-state index < -0.39 is 0 Å². The summed E-state index contributed by atoms with van der Waals surface area (Å²) >= 11 is 9.70. The van der Waals surface area contributed by atoms with Gasteiger partial charge in [-0.05, 0) is 48.2 Å². The smallest absolute Gasteiger partial charge is 0.122 e. The van der Waals surface area contributed by atoms with Crippen LogP contribution >= 0.6 is 27.5 Å². The first-order valence-electron chi connectivity index (χ1n) is 6.66. The van der Waals surface area contributed by atoms with Crippen molar-refractivity contribution < 1.29 is 4.74 Å². The van der Waals surface area contributed by atoms with Gasteiger partial charge in [-0.25, -0.2) is 0 Å². The molecule has 0 aromatic heterocycles. The maximum absolute atomic E-state index is 6.21. The first kappa shape index (κ1) is 16.3. The lowest BCUT2D eigenvalue weighted by atomic mass is 9.99. The molecule has 2 aromatic carbocycles. The Morgan fingerprint density at radius 2 is 1.90 bits per heavy atom. The van der Waals surface area contributed by atoms with Gasteiger partial charge in [0.25, 0.3) is 0 Å². The zero-order valence-electron chi connectivity index (χ0n) is 11.8. The minimum atomic E-state index is 0.0769. The zero-order valence-corrected chi connectivity index (χ0v) is 14.1. The molecule has 1 unspecified atom stereocenters. The maximum atomic E-state index is 6.21. The fraction of sp³-hybridized carbons (Fsp3) is 0.250. The van der Waals surface area contributed by atoms with Crippen molar-refractivity contribution in [1.29, 1.82) is 0 Å². The third kappa shape index (κ3) is 4.45. The molecule has 21 heavy (non-hydrogen) atoms. The van der Waals surface area contributed by atoms with E-state index in [0.717, 1.165) is 39.2 Å². The summed E-state index contributed by atoms with van der Waals surface area (Å²) in [5.41, 5.74) is 5.05. The minimum absolute atomic E-state index is 0.0769. The molecule has 0 radical (unpaired) electrons. The fourth-order valence-electron chi connectivity index (χ4n) is 2.29. The van der Waals surface area contributed by atoms with Crippen molar-refractivity contribution in [2.45, 2.75) is 18.9 Å². The van der Waals surface area contributed by atoms with Crippen LogP contribution in [0.25, 0.3) is 0 Å². The number of ether oxygens (including phenoxy) is 1. The van der Waals surface area contributed by atoms with Crippen molar-refractivity contribution in [1.82, 2.24) is 5.43 Å². The number of halogens is 2. The largest absolute Gasteiger partial charge is 0.496 e. The quantitative estimate of drug-likeness (QED) is 0.602. The van der Waals surface area contributed by atoms with Crippen molar-refractivity contribution in [3.05, 3.63) is 63.1 Å². The maximum Gasteiger partial charge on any atom is 0.122 e. The fourth-order valence-corrected chi connectivity index (χ4v) is 2.91. The molecule has 0 spiro atoms. The molecule has 5 heteroatoms. The monoisotopic (exact) mass is 368 g/mol. The molecule has 0 aliphatic rings. The van der Waals surface area contributed by atoms with E-state index in [9.17, 15) is 0 Å². The van der Waals surface area contributed by atoms with Gasteiger partial charge in [-0.2, -0.15) is 0 Å². The van der Waals surface area contributed by atoms with E-state index in [4.69, 9.17) is 22.2 Å². The summed E-state index contributed by atoms with van der Waals surface area (Å²) in [5.74, 6) is 6.56. The normalized spacial score (nSPS) is 12.2. The van der Waals surface area contributed by atoms with Gasteiger partial charge in [0.15, 0.2) is 0 Å². The molecule has 0 bridgehead atoms. The number of hydrazine groups is 1. The number of hydrogen-bond acceptors (Lipinski definition) is 3. The van der Waals surface area contributed by atoms with Crippen LogP contribution in [0.1, 0.15) is 11.1 Å². The predicted octanol–water partition coefficient (Wildman–Crippen LogP) is 3.73. The number of methoxy groups -OCH3 is 1. The number of nitrogens with one attached hydrogen (secondary N) is 1. The lowest BCUT2D eigenvalue weighted by molar-refractivity contribution is 0.404. The molecule has 3 nitrogen and oxygen atoms in total. The molecule has 112 valence electrons. The molecule has 0 heterocycles. The van der Waals surface area contributed by atoms with E-state index >= 15 is 0 Å². The van der Waals surface area contributed by atoms with Gasteiger partial charge >= 0.3 is 0 Å². The summed E-state index contributed by atoms with van der Waals surface area (Å²) in [6.07, 6.45) is 1.51.